The summed E-state index contributed by atoms with van der Waals surface area (Å²) in [6.45, 7) is 8.65. The first-order valence-corrected chi connectivity index (χ1v) is 11.2. The lowest BCUT2D eigenvalue weighted by atomic mass is 10.1. The summed E-state index contributed by atoms with van der Waals surface area (Å²) in [4.78, 5) is 12.4. The van der Waals surface area contributed by atoms with Gasteiger partial charge in [-0.25, -0.2) is 0 Å². The summed E-state index contributed by atoms with van der Waals surface area (Å²) in [5.74, 6) is 1.33. The van der Waals surface area contributed by atoms with Gasteiger partial charge in [0, 0.05) is 11.6 Å². The minimum absolute atomic E-state index is 0.135. The second-order valence-corrected chi connectivity index (χ2v) is 8.58. The summed E-state index contributed by atoms with van der Waals surface area (Å²) >= 11 is 13.3. The molecule has 0 aliphatic heterocycles. The molecule has 2 aromatic carbocycles. The van der Waals surface area contributed by atoms with Gasteiger partial charge in [0.2, 0.25) is 5.91 Å². The van der Waals surface area contributed by atoms with E-state index in [1.807, 2.05) is 29.7 Å². The fourth-order valence-electron chi connectivity index (χ4n) is 2.71. The van der Waals surface area contributed by atoms with E-state index in [2.05, 4.69) is 29.0 Å². The summed E-state index contributed by atoms with van der Waals surface area (Å²) in [6, 6.07) is 10.8. The Kier molecular flexibility index (Phi) is 8.01. The van der Waals surface area contributed by atoms with E-state index >= 15 is 0 Å². The molecule has 31 heavy (non-hydrogen) atoms. The molecule has 0 aliphatic carbocycles. The smallest absolute Gasteiger partial charge is 0.234 e. The number of nitrogens with one attached hydrogen (secondary N) is 1. The number of nitrogens with zero attached hydrogens (tertiary/aromatic N) is 3. The molecule has 0 aliphatic rings. The number of amides is 1. The molecule has 9 heteroatoms. The number of aromatic nitrogens is 3. The lowest BCUT2D eigenvalue weighted by Crippen LogP contribution is -2.15. The first-order chi connectivity index (χ1) is 14.9. The molecule has 0 saturated carbocycles. The van der Waals surface area contributed by atoms with E-state index in [1.165, 1.54) is 17.3 Å². The highest BCUT2D eigenvalue weighted by Crippen LogP contribution is 2.26. The minimum Gasteiger partial charge on any atom is -0.486 e. The van der Waals surface area contributed by atoms with Crippen molar-refractivity contribution >= 4 is 46.6 Å². The third-order valence-corrected chi connectivity index (χ3v) is 6.02. The Hall–Kier alpha value is -2.48. The number of aryl methyl sites for hydroxylation is 2. The van der Waals surface area contributed by atoms with Crippen LogP contribution >= 0.6 is 35.0 Å². The van der Waals surface area contributed by atoms with Crippen LogP contribution in [0.15, 0.2) is 54.2 Å². The third-order valence-electron chi connectivity index (χ3n) is 4.49. The topological polar surface area (TPSA) is 69.0 Å². The number of thioether (sulfide) groups is 1. The van der Waals surface area contributed by atoms with Crippen molar-refractivity contribution in [2.75, 3.05) is 11.1 Å². The van der Waals surface area contributed by atoms with E-state index in [-0.39, 0.29) is 18.3 Å². The maximum absolute atomic E-state index is 12.4. The van der Waals surface area contributed by atoms with E-state index in [1.54, 1.807) is 24.3 Å². The molecule has 0 fully saturated rings. The first kappa shape index (κ1) is 23.2. The molecule has 0 radical (unpaired) electrons. The molecule has 3 aromatic rings. The average molecular weight is 477 g/mol. The molecular formula is C22H22Cl2N4O2S. The van der Waals surface area contributed by atoms with Crippen LogP contribution in [0.1, 0.15) is 17.0 Å². The van der Waals surface area contributed by atoms with Crippen LogP contribution in [0.4, 0.5) is 5.69 Å². The van der Waals surface area contributed by atoms with Gasteiger partial charge in [-0.3, -0.25) is 9.36 Å². The quantitative estimate of drug-likeness (QED) is 0.316. The highest BCUT2D eigenvalue weighted by molar-refractivity contribution is 7.99. The number of halogens is 2. The van der Waals surface area contributed by atoms with Gasteiger partial charge >= 0.3 is 0 Å². The third kappa shape index (κ3) is 6.26. The SMILES string of the molecule is C=CCn1c(COc2ccc(C)c(C)c2)nnc1SCC(=O)Nc1cc(Cl)ccc1Cl. The number of hydrogen-bond acceptors (Lipinski definition) is 5. The second kappa shape index (κ2) is 10.7. The Balaban J connectivity index is 1.64. The van der Waals surface area contributed by atoms with Gasteiger partial charge in [0.1, 0.15) is 12.4 Å². The van der Waals surface area contributed by atoms with Crippen molar-refractivity contribution in [2.45, 2.75) is 32.2 Å². The Morgan fingerprint density at radius 1 is 1.19 bits per heavy atom. The molecule has 162 valence electrons. The molecule has 0 unspecified atom stereocenters. The van der Waals surface area contributed by atoms with Crippen LogP contribution in [0.2, 0.25) is 10.0 Å². The van der Waals surface area contributed by atoms with Gasteiger partial charge in [0.25, 0.3) is 0 Å². The summed E-state index contributed by atoms with van der Waals surface area (Å²) in [6.07, 6.45) is 1.75. The number of benzene rings is 2. The van der Waals surface area contributed by atoms with Crippen molar-refractivity contribution in [1.29, 1.82) is 0 Å². The summed E-state index contributed by atoms with van der Waals surface area (Å²) < 4.78 is 7.76. The fourth-order valence-corrected chi connectivity index (χ4v) is 3.81. The van der Waals surface area contributed by atoms with Gasteiger partial charge in [0.05, 0.1) is 16.5 Å². The lowest BCUT2D eigenvalue weighted by molar-refractivity contribution is -0.113. The molecule has 1 heterocycles. The number of hydrogen-bond donors (Lipinski definition) is 1. The zero-order valence-electron chi connectivity index (χ0n) is 17.2. The van der Waals surface area contributed by atoms with Crippen LogP contribution in [0, 0.1) is 13.8 Å². The molecule has 0 spiro atoms. The van der Waals surface area contributed by atoms with Crippen molar-refractivity contribution < 1.29 is 9.53 Å². The Morgan fingerprint density at radius 2 is 2.00 bits per heavy atom. The summed E-state index contributed by atoms with van der Waals surface area (Å²) in [7, 11) is 0. The number of allylic oxidation sites excluding steroid dienone is 1. The Morgan fingerprint density at radius 3 is 2.74 bits per heavy atom. The molecule has 6 nitrogen and oxygen atoms in total. The zero-order chi connectivity index (χ0) is 22.4. The monoisotopic (exact) mass is 476 g/mol. The van der Waals surface area contributed by atoms with Crippen molar-refractivity contribution in [1.82, 2.24) is 14.8 Å². The molecular weight excluding hydrogens is 455 g/mol. The normalized spacial score (nSPS) is 10.7. The minimum atomic E-state index is -0.227. The van der Waals surface area contributed by atoms with Crippen LogP contribution in [-0.4, -0.2) is 26.4 Å². The largest absolute Gasteiger partial charge is 0.486 e. The van der Waals surface area contributed by atoms with Gasteiger partial charge < -0.3 is 10.1 Å². The molecule has 0 bridgehead atoms. The average Bonchev–Trinajstić information content (AvgIpc) is 3.12. The second-order valence-electron chi connectivity index (χ2n) is 6.79. The fraction of sp³-hybridized carbons (Fsp3) is 0.227. The van der Waals surface area contributed by atoms with Gasteiger partial charge in [-0.2, -0.15) is 0 Å². The standard InChI is InChI=1S/C22H22Cl2N4O2S/c1-4-9-28-20(12-30-17-7-5-14(2)15(3)10-17)26-27-22(28)31-13-21(29)25-19-11-16(23)6-8-18(19)24/h4-8,10-11H,1,9,12-13H2,2-3H3,(H,25,29). The van der Waals surface area contributed by atoms with Gasteiger partial charge in [-0.05, 0) is 55.3 Å². The summed E-state index contributed by atoms with van der Waals surface area (Å²) in [5, 5.41) is 12.7. The predicted octanol–water partition coefficient (Wildman–Crippen LogP) is 5.70. The van der Waals surface area contributed by atoms with Crippen molar-refractivity contribution in [2.24, 2.45) is 0 Å². The number of ether oxygens (including phenoxy) is 1. The van der Waals surface area contributed by atoms with Crippen LogP contribution < -0.4 is 10.1 Å². The maximum atomic E-state index is 12.4. The lowest BCUT2D eigenvalue weighted by Gasteiger charge is -2.10. The maximum Gasteiger partial charge on any atom is 0.234 e. The van der Waals surface area contributed by atoms with Crippen LogP contribution in [0.5, 0.6) is 5.75 Å². The molecule has 1 amide bonds. The number of carbonyl (C=O) groups excluding carboxylic acids is 1. The van der Waals surface area contributed by atoms with Crippen LogP contribution in [0.3, 0.4) is 0 Å². The molecule has 0 atom stereocenters. The van der Waals surface area contributed by atoms with Crippen molar-refractivity contribution in [3.63, 3.8) is 0 Å². The van der Waals surface area contributed by atoms with E-state index in [0.29, 0.717) is 33.3 Å². The van der Waals surface area contributed by atoms with Gasteiger partial charge in [0.15, 0.2) is 11.0 Å². The number of carbonyl (C=O) groups is 1. The van der Waals surface area contributed by atoms with Crippen molar-refractivity contribution in [3.05, 3.63) is 76.0 Å². The summed E-state index contributed by atoms with van der Waals surface area (Å²) in [5.41, 5.74) is 2.83. The first-order valence-electron chi connectivity index (χ1n) is 9.48. The highest BCUT2D eigenvalue weighted by atomic mass is 35.5. The van der Waals surface area contributed by atoms with E-state index in [0.717, 1.165) is 11.3 Å². The van der Waals surface area contributed by atoms with E-state index in [4.69, 9.17) is 27.9 Å². The number of rotatable bonds is 9. The van der Waals surface area contributed by atoms with Gasteiger partial charge in [-0.15, -0.1) is 16.8 Å². The molecule has 1 N–H and O–H groups in total. The Labute approximate surface area is 195 Å². The van der Waals surface area contributed by atoms with Crippen molar-refractivity contribution in [3.8, 4) is 5.75 Å². The molecule has 0 saturated heterocycles. The van der Waals surface area contributed by atoms with E-state index < -0.39 is 0 Å². The van der Waals surface area contributed by atoms with Crippen LogP contribution in [0.25, 0.3) is 0 Å². The molecule has 1 aromatic heterocycles. The predicted molar refractivity (Wildman–Crippen MR) is 126 cm³/mol. The van der Waals surface area contributed by atoms with E-state index in [9.17, 15) is 4.79 Å². The zero-order valence-corrected chi connectivity index (χ0v) is 19.5. The highest BCUT2D eigenvalue weighted by Gasteiger charge is 2.15. The Bertz CT molecular complexity index is 1100. The van der Waals surface area contributed by atoms with Gasteiger partial charge in [-0.1, -0.05) is 47.1 Å². The molecule has 3 rings (SSSR count). The number of anilines is 1. The van der Waals surface area contributed by atoms with Crippen LogP contribution in [-0.2, 0) is 17.9 Å².